The van der Waals surface area contributed by atoms with Crippen molar-refractivity contribution in [1.29, 1.82) is 0 Å². The van der Waals surface area contributed by atoms with Gasteiger partial charge in [-0.25, -0.2) is 8.78 Å². The molecule has 0 unspecified atom stereocenters. The lowest BCUT2D eigenvalue weighted by Gasteiger charge is -2.30. The van der Waals surface area contributed by atoms with Crippen LogP contribution in [0.1, 0.15) is 95.6 Å². The number of nitrogens with one attached hydrogen (secondary N) is 2. The van der Waals surface area contributed by atoms with E-state index in [2.05, 4.69) is 10.6 Å². The van der Waals surface area contributed by atoms with Gasteiger partial charge in [0.05, 0.1) is 71.6 Å². The fourth-order valence-corrected chi connectivity index (χ4v) is 6.94. The van der Waals surface area contributed by atoms with Gasteiger partial charge in [-0.1, -0.05) is 24.3 Å². The average molecular weight is 931 g/mol. The molecule has 64 heavy (non-hydrogen) atoms. The second kappa shape index (κ2) is 19.0. The van der Waals surface area contributed by atoms with Crippen molar-refractivity contribution >= 4 is 11.8 Å². The monoisotopic (exact) mass is 930 g/mol. The van der Waals surface area contributed by atoms with Crippen LogP contribution in [0.25, 0.3) is 0 Å². The molecule has 0 aromatic heterocycles. The Balaban J connectivity index is 0.000000241. The maximum atomic E-state index is 13.3. The molecule has 2 aliphatic heterocycles. The number of hydrogen-bond acceptors (Lipinski definition) is 6. The first-order valence-corrected chi connectivity index (χ1v) is 18.9. The Morgan fingerprint density at radius 3 is 0.969 bits per heavy atom. The molecule has 0 spiro atoms. The summed E-state index contributed by atoms with van der Waals surface area (Å²) in [4.78, 5) is 23.4. The molecule has 348 valence electrons. The molecule has 4 aromatic rings. The predicted octanol–water partition coefficient (Wildman–Crippen LogP) is 9.86. The first-order chi connectivity index (χ1) is 29.5. The molecule has 4 N–H and O–H groups in total. The molecule has 2 heterocycles. The van der Waals surface area contributed by atoms with E-state index in [0.717, 1.165) is 24.3 Å². The summed E-state index contributed by atoms with van der Waals surface area (Å²) in [6, 6.07) is 9.58. The van der Waals surface area contributed by atoms with Gasteiger partial charge in [0.1, 0.15) is 23.8 Å². The molecule has 2 amide bonds. The van der Waals surface area contributed by atoms with Crippen LogP contribution in [0.4, 0.5) is 61.5 Å². The van der Waals surface area contributed by atoms with E-state index in [4.69, 9.17) is 9.47 Å². The van der Waals surface area contributed by atoms with Gasteiger partial charge in [-0.05, 0) is 96.8 Å². The van der Waals surface area contributed by atoms with Gasteiger partial charge in [0.15, 0.2) is 0 Å². The fourth-order valence-electron chi connectivity index (χ4n) is 6.94. The zero-order chi connectivity index (χ0) is 47.7. The summed E-state index contributed by atoms with van der Waals surface area (Å²) in [5.74, 6) is -2.21. The van der Waals surface area contributed by atoms with Gasteiger partial charge < -0.3 is 30.3 Å². The number of halogens is 14. The van der Waals surface area contributed by atoms with Crippen LogP contribution in [-0.4, -0.2) is 46.3 Å². The number of rotatable bonds is 10. The summed E-state index contributed by atoms with van der Waals surface area (Å²) in [6.07, 6.45) is -28.0. The molecule has 22 heteroatoms. The highest BCUT2D eigenvalue weighted by atomic mass is 19.4. The van der Waals surface area contributed by atoms with Crippen LogP contribution >= 0.6 is 0 Å². The topological polar surface area (TPSA) is 117 Å². The minimum atomic E-state index is -5.03. The van der Waals surface area contributed by atoms with Gasteiger partial charge in [0, 0.05) is 0 Å². The highest BCUT2D eigenvalue weighted by Crippen LogP contribution is 2.42. The molecule has 0 bridgehead atoms. The maximum Gasteiger partial charge on any atom is 0.416 e. The van der Waals surface area contributed by atoms with Crippen molar-refractivity contribution in [3.8, 4) is 0 Å². The predicted molar refractivity (Wildman–Crippen MR) is 195 cm³/mol. The van der Waals surface area contributed by atoms with E-state index in [0.29, 0.717) is 24.3 Å². The standard InChI is InChI=1S/2C21H18F7NO3/c2*1-10(12-6-13(20(23,24)25)8-14(7-12)21(26,27)28)32-19(11-2-4-15(22)5-3-11)18-16(30)9-17(31)29-18/h2*2-8,10,16,18-19,30H,9H2,1H3,(H,29,31)/t10-,16+,18-,19+;10-,16-,18-,19+/m11/s1. The van der Waals surface area contributed by atoms with Crippen LogP contribution < -0.4 is 10.6 Å². The minimum Gasteiger partial charge on any atom is -0.390 e. The lowest BCUT2D eigenvalue weighted by molar-refractivity contribution is -0.145. The molecule has 2 fully saturated rings. The number of amides is 2. The summed E-state index contributed by atoms with van der Waals surface area (Å²) in [7, 11) is 0. The van der Waals surface area contributed by atoms with E-state index in [1.165, 1.54) is 38.1 Å². The number of hydrogen-bond donors (Lipinski definition) is 4. The lowest BCUT2D eigenvalue weighted by Crippen LogP contribution is -2.39. The Hall–Kier alpha value is -5.32. The van der Waals surface area contributed by atoms with Crippen molar-refractivity contribution in [3.63, 3.8) is 0 Å². The number of aliphatic hydroxyl groups excluding tert-OH is 2. The number of aliphatic hydroxyl groups is 2. The largest absolute Gasteiger partial charge is 0.416 e. The molecule has 0 aliphatic carbocycles. The molecule has 0 radical (unpaired) electrons. The Labute approximate surface area is 354 Å². The molecule has 2 saturated heterocycles. The fraction of sp³-hybridized carbons (Fsp3) is 0.381. The molecule has 2 aliphatic rings. The first-order valence-electron chi connectivity index (χ1n) is 18.9. The van der Waals surface area contributed by atoms with Crippen LogP contribution in [0.5, 0.6) is 0 Å². The van der Waals surface area contributed by atoms with Gasteiger partial charge in [-0.3, -0.25) is 9.59 Å². The Kier molecular flexibility index (Phi) is 14.8. The quantitative estimate of drug-likeness (QED) is 0.118. The zero-order valence-electron chi connectivity index (χ0n) is 32.9. The smallest absolute Gasteiger partial charge is 0.390 e. The molecular weight excluding hydrogens is 894 g/mol. The Morgan fingerprint density at radius 1 is 0.484 bits per heavy atom. The Morgan fingerprint density at radius 2 is 0.750 bits per heavy atom. The number of carbonyl (C=O) groups is 2. The van der Waals surface area contributed by atoms with Gasteiger partial charge in [-0.2, -0.15) is 52.7 Å². The summed E-state index contributed by atoms with van der Waals surface area (Å²) in [5, 5.41) is 25.3. The second-order valence-electron chi connectivity index (χ2n) is 14.9. The number of carbonyl (C=O) groups excluding carboxylic acids is 2. The Bertz CT molecular complexity index is 2040. The van der Waals surface area contributed by atoms with Crippen molar-refractivity contribution < 1.29 is 90.7 Å². The summed E-state index contributed by atoms with van der Waals surface area (Å²) >= 11 is 0. The van der Waals surface area contributed by atoms with E-state index in [1.807, 2.05) is 0 Å². The van der Waals surface area contributed by atoms with Crippen molar-refractivity contribution in [2.75, 3.05) is 0 Å². The molecule has 0 saturated carbocycles. The van der Waals surface area contributed by atoms with E-state index in [1.54, 1.807) is 0 Å². The highest BCUT2D eigenvalue weighted by molar-refractivity contribution is 5.80. The number of alkyl halides is 12. The third-order valence-corrected chi connectivity index (χ3v) is 10.2. The van der Waals surface area contributed by atoms with Crippen LogP contribution in [0.2, 0.25) is 0 Å². The van der Waals surface area contributed by atoms with Crippen LogP contribution in [0.15, 0.2) is 84.9 Å². The number of benzene rings is 4. The normalized spacial score (nSPS) is 21.3. The number of ether oxygens (including phenoxy) is 2. The van der Waals surface area contributed by atoms with Crippen molar-refractivity contribution in [2.24, 2.45) is 0 Å². The molecule has 8 nitrogen and oxygen atoms in total. The molecule has 8 atom stereocenters. The van der Waals surface area contributed by atoms with E-state index >= 15 is 0 Å². The molecule has 6 rings (SSSR count). The molecular formula is C42H36F14N2O6. The van der Waals surface area contributed by atoms with Crippen LogP contribution in [0, 0.1) is 11.6 Å². The van der Waals surface area contributed by atoms with E-state index < -0.39 is 130 Å². The van der Waals surface area contributed by atoms with Crippen molar-refractivity contribution in [2.45, 2.75) is 100 Å². The van der Waals surface area contributed by atoms with Crippen LogP contribution in [-0.2, 0) is 43.8 Å². The van der Waals surface area contributed by atoms with E-state index in [-0.39, 0.29) is 36.1 Å². The van der Waals surface area contributed by atoms with Gasteiger partial charge in [0.25, 0.3) is 0 Å². The van der Waals surface area contributed by atoms with Crippen LogP contribution in [0.3, 0.4) is 0 Å². The van der Waals surface area contributed by atoms with Crippen molar-refractivity contribution in [3.05, 3.63) is 141 Å². The summed E-state index contributed by atoms with van der Waals surface area (Å²) < 4.78 is 196. The molecule has 4 aromatic carbocycles. The third-order valence-electron chi connectivity index (χ3n) is 10.2. The summed E-state index contributed by atoms with van der Waals surface area (Å²) in [5.41, 5.74) is -6.25. The SMILES string of the molecule is C[C@@H](O[C@@H](c1ccc(F)cc1)[C@@H]1NC(=O)C[C@@H]1O)c1cc(C(F)(F)F)cc(C(F)(F)F)c1.C[C@@H](O[C@@H](c1ccc(F)cc1)[C@@H]1NC(=O)C[C@H]1O)c1cc(C(F)(F)F)cc(C(F)(F)F)c1. The summed E-state index contributed by atoms with van der Waals surface area (Å²) in [6.45, 7) is 2.49. The highest BCUT2D eigenvalue weighted by Gasteiger charge is 2.43. The average Bonchev–Trinajstić information content (AvgIpc) is 3.72. The first kappa shape index (κ1) is 49.7. The third kappa shape index (κ3) is 12.5. The van der Waals surface area contributed by atoms with Gasteiger partial charge in [-0.15, -0.1) is 0 Å². The van der Waals surface area contributed by atoms with Gasteiger partial charge >= 0.3 is 24.7 Å². The zero-order valence-corrected chi connectivity index (χ0v) is 32.9. The van der Waals surface area contributed by atoms with Crippen molar-refractivity contribution in [1.82, 2.24) is 10.6 Å². The lowest BCUT2D eigenvalue weighted by atomic mass is 9.97. The maximum absolute atomic E-state index is 13.3. The van der Waals surface area contributed by atoms with Gasteiger partial charge in [0.2, 0.25) is 11.8 Å². The second-order valence-corrected chi connectivity index (χ2v) is 14.9. The minimum absolute atomic E-state index is 0.00855. The van der Waals surface area contributed by atoms with E-state index in [9.17, 15) is 81.3 Å².